The van der Waals surface area contributed by atoms with Gasteiger partial charge in [0, 0.05) is 25.9 Å². The van der Waals surface area contributed by atoms with Gasteiger partial charge in [-0.3, -0.25) is 4.79 Å². The van der Waals surface area contributed by atoms with Gasteiger partial charge in [0.2, 0.25) is 5.95 Å². The van der Waals surface area contributed by atoms with Crippen molar-refractivity contribution in [2.75, 3.05) is 32.7 Å². The van der Waals surface area contributed by atoms with E-state index in [4.69, 9.17) is 9.47 Å². The van der Waals surface area contributed by atoms with E-state index in [9.17, 15) is 4.79 Å². The smallest absolute Gasteiger partial charge is 0.270 e. The Morgan fingerprint density at radius 3 is 2.58 bits per heavy atom. The quantitative estimate of drug-likeness (QED) is 0.718. The summed E-state index contributed by atoms with van der Waals surface area (Å²) in [7, 11) is 3.22. The third-order valence-electron chi connectivity index (χ3n) is 3.29. The molecule has 0 radical (unpaired) electrons. The highest BCUT2D eigenvalue weighted by Crippen LogP contribution is 2.12. The molecule has 0 spiro atoms. The lowest BCUT2D eigenvalue weighted by Gasteiger charge is -2.09. The number of ether oxygens (including phenoxy) is 2. The lowest BCUT2D eigenvalue weighted by molar-refractivity contribution is 0.0932. The second kappa shape index (κ2) is 8.83. The summed E-state index contributed by atoms with van der Waals surface area (Å²) in [6.45, 7) is 3.27. The molecule has 0 unspecified atom stereocenters. The van der Waals surface area contributed by atoms with Crippen LogP contribution in [-0.4, -0.2) is 43.2 Å². The summed E-state index contributed by atoms with van der Waals surface area (Å²) in [5.74, 6) is 0.980. The molecule has 1 aromatic carbocycles. The molecule has 24 heavy (non-hydrogen) atoms. The Hall–Kier alpha value is -2.67. The largest absolute Gasteiger partial charge is 0.497 e. The van der Waals surface area contributed by atoms with Gasteiger partial charge in [0.1, 0.15) is 11.4 Å². The van der Waals surface area contributed by atoms with Gasteiger partial charge < -0.3 is 20.1 Å². The number of aromatic nitrogens is 2. The van der Waals surface area contributed by atoms with Crippen molar-refractivity contribution in [1.29, 1.82) is 0 Å². The van der Waals surface area contributed by atoms with Crippen molar-refractivity contribution >= 4 is 11.9 Å². The van der Waals surface area contributed by atoms with E-state index in [-0.39, 0.29) is 5.91 Å². The minimum absolute atomic E-state index is 0.245. The average molecular weight is 330 g/mol. The molecule has 0 aliphatic heterocycles. The van der Waals surface area contributed by atoms with Gasteiger partial charge >= 0.3 is 0 Å². The zero-order valence-electron chi connectivity index (χ0n) is 14.1. The van der Waals surface area contributed by atoms with Crippen LogP contribution in [0.15, 0.2) is 30.3 Å². The van der Waals surface area contributed by atoms with Crippen molar-refractivity contribution in [2.45, 2.75) is 13.5 Å². The van der Waals surface area contributed by atoms with Gasteiger partial charge in [0.05, 0.1) is 13.7 Å². The Labute approximate surface area is 141 Å². The second-order valence-electron chi connectivity index (χ2n) is 5.17. The third kappa shape index (κ3) is 5.20. The fourth-order valence-electron chi connectivity index (χ4n) is 2.05. The molecule has 2 aromatic rings. The molecule has 7 heteroatoms. The van der Waals surface area contributed by atoms with Crippen molar-refractivity contribution in [2.24, 2.45) is 0 Å². The van der Waals surface area contributed by atoms with E-state index in [1.165, 1.54) is 0 Å². The molecule has 128 valence electrons. The van der Waals surface area contributed by atoms with Crippen molar-refractivity contribution in [1.82, 2.24) is 15.3 Å². The van der Waals surface area contributed by atoms with Gasteiger partial charge in [0.15, 0.2) is 0 Å². The SMILES string of the molecule is COCCNC(=O)c1cc(C)nc(NCc2ccc(OC)cc2)n1. The van der Waals surface area contributed by atoms with Crippen LogP contribution in [0.2, 0.25) is 0 Å². The van der Waals surface area contributed by atoms with Crippen molar-refractivity contribution in [3.05, 3.63) is 47.3 Å². The molecule has 1 aromatic heterocycles. The summed E-state index contributed by atoms with van der Waals surface area (Å²) in [5.41, 5.74) is 2.11. The van der Waals surface area contributed by atoms with Crippen LogP contribution in [0.25, 0.3) is 0 Å². The molecule has 0 atom stereocenters. The molecular formula is C17H22N4O3. The molecule has 0 fully saturated rings. The van der Waals surface area contributed by atoms with Crippen molar-refractivity contribution < 1.29 is 14.3 Å². The number of amides is 1. The molecular weight excluding hydrogens is 308 g/mol. The Bertz CT molecular complexity index is 674. The number of methoxy groups -OCH3 is 2. The first-order valence-corrected chi connectivity index (χ1v) is 7.62. The minimum atomic E-state index is -0.245. The summed E-state index contributed by atoms with van der Waals surface area (Å²) < 4.78 is 10.0. The molecule has 0 saturated heterocycles. The fraction of sp³-hybridized carbons (Fsp3) is 0.353. The molecule has 7 nitrogen and oxygen atoms in total. The summed E-state index contributed by atoms with van der Waals surface area (Å²) >= 11 is 0. The van der Waals surface area contributed by atoms with E-state index >= 15 is 0 Å². The van der Waals surface area contributed by atoms with Crippen LogP contribution in [0.3, 0.4) is 0 Å². The normalized spacial score (nSPS) is 10.3. The van der Waals surface area contributed by atoms with Crippen LogP contribution in [-0.2, 0) is 11.3 Å². The number of nitrogens with zero attached hydrogens (tertiary/aromatic N) is 2. The predicted molar refractivity (Wildman–Crippen MR) is 91.3 cm³/mol. The zero-order chi connectivity index (χ0) is 17.4. The number of benzene rings is 1. The standard InChI is InChI=1S/C17H22N4O3/c1-12-10-15(16(22)18-8-9-23-2)21-17(20-12)19-11-13-4-6-14(24-3)7-5-13/h4-7,10H,8-9,11H2,1-3H3,(H,18,22)(H,19,20,21). The molecule has 2 rings (SSSR count). The van der Waals surface area contributed by atoms with Gasteiger partial charge in [-0.1, -0.05) is 12.1 Å². The van der Waals surface area contributed by atoms with Crippen molar-refractivity contribution in [3.63, 3.8) is 0 Å². The van der Waals surface area contributed by atoms with Crippen LogP contribution in [0.1, 0.15) is 21.7 Å². The van der Waals surface area contributed by atoms with E-state index in [2.05, 4.69) is 20.6 Å². The summed E-state index contributed by atoms with van der Waals surface area (Å²) in [5, 5.41) is 5.88. The Morgan fingerprint density at radius 2 is 1.92 bits per heavy atom. The number of rotatable bonds is 8. The first-order chi connectivity index (χ1) is 11.6. The molecule has 1 heterocycles. The number of carbonyl (C=O) groups is 1. The molecule has 0 aliphatic rings. The van der Waals surface area contributed by atoms with Crippen LogP contribution >= 0.6 is 0 Å². The lowest BCUT2D eigenvalue weighted by Crippen LogP contribution is -2.28. The third-order valence-corrected chi connectivity index (χ3v) is 3.29. The van der Waals surface area contributed by atoms with E-state index < -0.39 is 0 Å². The van der Waals surface area contributed by atoms with E-state index in [1.807, 2.05) is 31.2 Å². The van der Waals surface area contributed by atoms with Gasteiger partial charge in [-0.15, -0.1) is 0 Å². The van der Waals surface area contributed by atoms with Crippen LogP contribution < -0.4 is 15.4 Å². The molecule has 2 N–H and O–H groups in total. The average Bonchev–Trinajstić information content (AvgIpc) is 2.60. The lowest BCUT2D eigenvalue weighted by atomic mass is 10.2. The number of hydrogen-bond acceptors (Lipinski definition) is 6. The first kappa shape index (κ1) is 17.7. The number of anilines is 1. The highest BCUT2D eigenvalue weighted by atomic mass is 16.5. The van der Waals surface area contributed by atoms with E-state index in [0.717, 1.165) is 17.0 Å². The van der Waals surface area contributed by atoms with E-state index in [1.54, 1.807) is 20.3 Å². The minimum Gasteiger partial charge on any atom is -0.497 e. The van der Waals surface area contributed by atoms with E-state index in [0.29, 0.717) is 31.3 Å². The fourth-order valence-corrected chi connectivity index (χ4v) is 2.05. The maximum atomic E-state index is 12.1. The number of nitrogens with one attached hydrogen (secondary N) is 2. The highest BCUT2D eigenvalue weighted by molar-refractivity contribution is 5.92. The molecule has 0 saturated carbocycles. The van der Waals surface area contributed by atoms with Gasteiger partial charge in [-0.05, 0) is 30.7 Å². The highest BCUT2D eigenvalue weighted by Gasteiger charge is 2.10. The molecule has 1 amide bonds. The summed E-state index contributed by atoms with van der Waals surface area (Å²) in [6, 6.07) is 9.35. The van der Waals surface area contributed by atoms with Crippen LogP contribution in [0.5, 0.6) is 5.75 Å². The van der Waals surface area contributed by atoms with Gasteiger partial charge in [0.25, 0.3) is 5.91 Å². The number of aryl methyl sites for hydroxylation is 1. The van der Waals surface area contributed by atoms with Crippen molar-refractivity contribution in [3.8, 4) is 5.75 Å². The monoisotopic (exact) mass is 330 g/mol. The topological polar surface area (TPSA) is 85.4 Å². The predicted octanol–water partition coefficient (Wildman–Crippen LogP) is 1.78. The second-order valence-corrected chi connectivity index (χ2v) is 5.17. The Kier molecular flexibility index (Phi) is 6.51. The number of carbonyl (C=O) groups excluding carboxylic acids is 1. The van der Waals surface area contributed by atoms with Crippen LogP contribution in [0.4, 0.5) is 5.95 Å². The Morgan fingerprint density at radius 1 is 1.17 bits per heavy atom. The van der Waals surface area contributed by atoms with Crippen LogP contribution in [0, 0.1) is 6.92 Å². The number of hydrogen-bond donors (Lipinski definition) is 2. The first-order valence-electron chi connectivity index (χ1n) is 7.62. The maximum Gasteiger partial charge on any atom is 0.270 e. The molecule has 0 aliphatic carbocycles. The Balaban J connectivity index is 2.00. The molecule has 0 bridgehead atoms. The summed E-state index contributed by atoms with van der Waals surface area (Å²) in [6.07, 6.45) is 0. The zero-order valence-corrected chi connectivity index (χ0v) is 14.1. The summed E-state index contributed by atoms with van der Waals surface area (Å²) in [4.78, 5) is 20.6. The van der Waals surface area contributed by atoms with Gasteiger partial charge in [-0.2, -0.15) is 0 Å². The maximum absolute atomic E-state index is 12.1. The van der Waals surface area contributed by atoms with Gasteiger partial charge in [-0.25, -0.2) is 9.97 Å².